The van der Waals surface area contributed by atoms with E-state index in [2.05, 4.69) is 16.0 Å². The molecule has 6 unspecified atom stereocenters. The van der Waals surface area contributed by atoms with Crippen LogP contribution in [0.15, 0.2) is 0 Å². The van der Waals surface area contributed by atoms with E-state index in [1.54, 1.807) is 6.26 Å². The molecule has 0 aromatic carbocycles. The Labute approximate surface area is 190 Å². The molecule has 0 rings (SSSR count). The van der Waals surface area contributed by atoms with Gasteiger partial charge in [0.1, 0.15) is 18.1 Å². The number of carbonyl (C=O) groups is 4. The molecular formula is C18H34N4O7S2. The second kappa shape index (κ2) is 15.3. The van der Waals surface area contributed by atoms with E-state index in [9.17, 15) is 34.5 Å². The molecule has 0 aliphatic rings. The molecule has 0 spiro atoms. The highest BCUT2D eigenvalue weighted by atomic mass is 32.2. The first kappa shape index (κ1) is 29.5. The Kier molecular flexibility index (Phi) is 14.5. The molecule has 0 radical (unpaired) electrons. The summed E-state index contributed by atoms with van der Waals surface area (Å²) in [7, 11) is 0. The standard InChI is InChI=1S/C18H34N4O7S2/c1-9(23)13(16(26)20-12(18(28)29)6-8-31-4)22-17(27)14(10(2)24)21-15(25)11(19)5-7-30-3/h9-14,23-24H,5-8,19H2,1-4H3,(H,20,26)(H,21,25)(H,22,27)(H,28,29). The van der Waals surface area contributed by atoms with E-state index in [-0.39, 0.29) is 6.42 Å². The minimum atomic E-state index is -1.49. The number of hydrogen-bond acceptors (Lipinski definition) is 9. The lowest BCUT2D eigenvalue weighted by molar-refractivity contribution is -0.143. The van der Waals surface area contributed by atoms with Gasteiger partial charge in [-0.3, -0.25) is 14.4 Å². The maximum absolute atomic E-state index is 12.6. The molecule has 0 fully saturated rings. The van der Waals surface area contributed by atoms with Crippen LogP contribution in [0.2, 0.25) is 0 Å². The molecule has 8 N–H and O–H groups in total. The summed E-state index contributed by atoms with van der Waals surface area (Å²) < 4.78 is 0. The van der Waals surface area contributed by atoms with Gasteiger partial charge in [-0.05, 0) is 50.7 Å². The van der Waals surface area contributed by atoms with Gasteiger partial charge in [0.05, 0.1) is 18.2 Å². The number of aliphatic carboxylic acids is 1. The van der Waals surface area contributed by atoms with E-state index in [1.165, 1.54) is 37.4 Å². The average Bonchev–Trinajstić information content (AvgIpc) is 2.69. The fraction of sp³-hybridized carbons (Fsp3) is 0.778. The van der Waals surface area contributed by atoms with Gasteiger partial charge in [0.25, 0.3) is 0 Å². The van der Waals surface area contributed by atoms with E-state index in [4.69, 9.17) is 5.73 Å². The Hall–Kier alpha value is -1.54. The summed E-state index contributed by atoms with van der Waals surface area (Å²) in [6, 6.07) is -4.99. The largest absolute Gasteiger partial charge is 0.480 e. The van der Waals surface area contributed by atoms with Crippen molar-refractivity contribution < 1.29 is 34.5 Å². The highest BCUT2D eigenvalue weighted by molar-refractivity contribution is 7.98. The second-order valence-corrected chi connectivity index (χ2v) is 8.99. The highest BCUT2D eigenvalue weighted by Gasteiger charge is 2.34. The van der Waals surface area contributed by atoms with Gasteiger partial charge in [-0.2, -0.15) is 23.5 Å². The molecule has 0 aliphatic carbocycles. The SMILES string of the molecule is CSCCC(N)C(=O)NC(C(=O)NC(C(=O)NC(CCSC)C(=O)O)C(C)O)C(C)O. The van der Waals surface area contributed by atoms with Gasteiger partial charge in [-0.1, -0.05) is 0 Å². The summed E-state index contributed by atoms with van der Waals surface area (Å²) in [5, 5.41) is 36.0. The maximum atomic E-state index is 12.6. The van der Waals surface area contributed by atoms with Crippen LogP contribution in [0, 0.1) is 0 Å². The third-order valence-electron chi connectivity index (χ3n) is 4.32. The van der Waals surface area contributed by atoms with Crippen molar-refractivity contribution in [2.24, 2.45) is 5.73 Å². The van der Waals surface area contributed by atoms with Gasteiger partial charge in [0, 0.05) is 0 Å². The van der Waals surface area contributed by atoms with Crippen molar-refractivity contribution in [3.8, 4) is 0 Å². The topological polar surface area (TPSA) is 191 Å². The number of carboxylic acids is 1. The molecular weight excluding hydrogens is 448 g/mol. The van der Waals surface area contributed by atoms with Gasteiger partial charge in [-0.15, -0.1) is 0 Å². The number of amides is 3. The molecule has 0 saturated carbocycles. The lowest BCUT2D eigenvalue weighted by Crippen LogP contribution is -2.61. The fourth-order valence-electron chi connectivity index (χ4n) is 2.44. The van der Waals surface area contributed by atoms with Gasteiger partial charge in [0.15, 0.2) is 0 Å². The molecule has 0 heterocycles. The zero-order valence-electron chi connectivity index (χ0n) is 18.2. The van der Waals surface area contributed by atoms with Crippen LogP contribution in [-0.2, 0) is 19.2 Å². The molecule has 6 atom stereocenters. The van der Waals surface area contributed by atoms with E-state index >= 15 is 0 Å². The molecule has 11 nitrogen and oxygen atoms in total. The van der Waals surface area contributed by atoms with Gasteiger partial charge in [0.2, 0.25) is 17.7 Å². The van der Waals surface area contributed by atoms with Crippen LogP contribution in [-0.4, -0.2) is 99.4 Å². The number of aliphatic hydroxyl groups excluding tert-OH is 2. The number of nitrogens with two attached hydrogens (primary N) is 1. The van der Waals surface area contributed by atoms with Crippen molar-refractivity contribution in [3.05, 3.63) is 0 Å². The van der Waals surface area contributed by atoms with E-state index in [1.807, 2.05) is 6.26 Å². The van der Waals surface area contributed by atoms with Gasteiger partial charge < -0.3 is 37.0 Å². The van der Waals surface area contributed by atoms with E-state index in [0.717, 1.165) is 0 Å². The van der Waals surface area contributed by atoms with Crippen LogP contribution in [0.5, 0.6) is 0 Å². The lowest BCUT2D eigenvalue weighted by atomic mass is 10.1. The third kappa shape index (κ3) is 11.1. The van der Waals surface area contributed by atoms with Crippen molar-refractivity contribution >= 4 is 47.2 Å². The molecule has 180 valence electrons. The molecule has 3 amide bonds. The Morgan fingerprint density at radius 1 is 0.806 bits per heavy atom. The van der Waals surface area contributed by atoms with Crippen LogP contribution >= 0.6 is 23.5 Å². The van der Waals surface area contributed by atoms with Crippen LogP contribution < -0.4 is 21.7 Å². The first-order chi connectivity index (χ1) is 14.5. The Morgan fingerprint density at radius 3 is 1.65 bits per heavy atom. The number of nitrogens with one attached hydrogen (secondary N) is 3. The number of thioether (sulfide) groups is 2. The van der Waals surface area contributed by atoms with E-state index in [0.29, 0.717) is 17.9 Å². The predicted molar refractivity (Wildman–Crippen MR) is 121 cm³/mol. The van der Waals surface area contributed by atoms with Crippen molar-refractivity contribution in [1.29, 1.82) is 0 Å². The number of aliphatic hydroxyl groups is 2. The predicted octanol–water partition coefficient (Wildman–Crippen LogP) is -1.88. The normalized spacial score (nSPS) is 16.9. The molecule has 0 aromatic heterocycles. The zero-order valence-corrected chi connectivity index (χ0v) is 19.8. The third-order valence-corrected chi connectivity index (χ3v) is 5.61. The Balaban J connectivity index is 5.25. The van der Waals surface area contributed by atoms with Gasteiger partial charge in [-0.25, -0.2) is 4.79 Å². The summed E-state index contributed by atoms with van der Waals surface area (Å²) in [5.74, 6) is -2.59. The number of carboxylic acid groups (broad SMARTS) is 1. The lowest BCUT2D eigenvalue weighted by Gasteiger charge is -2.27. The Bertz CT molecular complexity index is 607. The van der Waals surface area contributed by atoms with Crippen molar-refractivity contribution in [1.82, 2.24) is 16.0 Å². The summed E-state index contributed by atoms with van der Waals surface area (Å²) in [6.07, 6.45) is 1.48. The minimum Gasteiger partial charge on any atom is -0.480 e. The average molecular weight is 483 g/mol. The molecule has 0 saturated heterocycles. The summed E-state index contributed by atoms with van der Waals surface area (Å²) >= 11 is 2.91. The highest BCUT2D eigenvalue weighted by Crippen LogP contribution is 2.05. The first-order valence-corrected chi connectivity index (χ1v) is 12.5. The fourth-order valence-corrected chi connectivity index (χ4v) is 3.41. The van der Waals surface area contributed by atoms with Gasteiger partial charge >= 0.3 is 5.97 Å². The minimum absolute atomic E-state index is 0.156. The summed E-state index contributed by atoms with van der Waals surface area (Å²) in [5.41, 5.74) is 5.77. The number of rotatable bonds is 15. The van der Waals surface area contributed by atoms with E-state index < -0.39 is 60.1 Å². The summed E-state index contributed by atoms with van der Waals surface area (Å²) in [6.45, 7) is 2.52. The number of hydrogen-bond donors (Lipinski definition) is 7. The monoisotopic (exact) mass is 482 g/mol. The first-order valence-electron chi connectivity index (χ1n) is 9.69. The molecule has 31 heavy (non-hydrogen) atoms. The smallest absolute Gasteiger partial charge is 0.326 e. The zero-order chi connectivity index (χ0) is 24.1. The van der Waals surface area contributed by atoms with Crippen molar-refractivity contribution in [2.45, 2.75) is 63.1 Å². The van der Waals surface area contributed by atoms with Crippen LogP contribution in [0.25, 0.3) is 0 Å². The molecule has 0 aliphatic heterocycles. The summed E-state index contributed by atoms with van der Waals surface area (Å²) in [4.78, 5) is 48.7. The Morgan fingerprint density at radius 2 is 1.23 bits per heavy atom. The van der Waals surface area contributed by atoms with Crippen LogP contribution in [0.4, 0.5) is 0 Å². The van der Waals surface area contributed by atoms with Crippen LogP contribution in [0.3, 0.4) is 0 Å². The van der Waals surface area contributed by atoms with Crippen molar-refractivity contribution in [2.75, 3.05) is 24.0 Å². The second-order valence-electron chi connectivity index (χ2n) is 7.02. The van der Waals surface area contributed by atoms with Crippen LogP contribution in [0.1, 0.15) is 26.7 Å². The number of carbonyl (C=O) groups excluding carboxylic acids is 3. The van der Waals surface area contributed by atoms with Crippen molar-refractivity contribution in [3.63, 3.8) is 0 Å². The molecule has 0 bridgehead atoms. The quantitative estimate of drug-likeness (QED) is 0.139. The maximum Gasteiger partial charge on any atom is 0.326 e. The molecule has 13 heteroatoms. The molecule has 0 aromatic rings.